The van der Waals surface area contributed by atoms with Crippen LogP contribution in [-0.4, -0.2) is 49.5 Å². The van der Waals surface area contributed by atoms with Gasteiger partial charge in [-0.05, 0) is 44.0 Å². The Morgan fingerprint density at radius 1 is 1.24 bits per heavy atom. The van der Waals surface area contributed by atoms with Gasteiger partial charge in [0.1, 0.15) is 5.75 Å². The molecule has 3 atom stereocenters. The number of piperidine rings is 1. The number of anilines is 1. The predicted molar refractivity (Wildman–Crippen MR) is 112 cm³/mol. The summed E-state index contributed by atoms with van der Waals surface area (Å²) in [5.74, 6) is 1.01. The van der Waals surface area contributed by atoms with Crippen LogP contribution in [0.3, 0.4) is 0 Å². The number of aromatic hydroxyl groups is 1. The SMILES string of the molecule is CN(c1ccc(-c2ccc(-n3ccnc3)cc2O)nn1)[C@H]1CC2C=C[C@](C)(C1)N2. The van der Waals surface area contributed by atoms with E-state index < -0.39 is 0 Å². The molecule has 2 N–H and O–H groups in total. The predicted octanol–water partition coefficient (Wildman–Crippen LogP) is 2.92. The summed E-state index contributed by atoms with van der Waals surface area (Å²) < 4.78 is 1.84. The zero-order valence-electron chi connectivity index (χ0n) is 16.5. The summed E-state index contributed by atoms with van der Waals surface area (Å²) in [5.41, 5.74) is 2.22. The van der Waals surface area contributed by atoms with Gasteiger partial charge in [0.2, 0.25) is 0 Å². The molecule has 3 aromatic rings. The summed E-state index contributed by atoms with van der Waals surface area (Å²) >= 11 is 0. The van der Waals surface area contributed by atoms with E-state index in [1.54, 1.807) is 18.6 Å². The van der Waals surface area contributed by atoms with Gasteiger partial charge in [-0.1, -0.05) is 12.2 Å². The number of aromatic nitrogens is 4. The van der Waals surface area contributed by atoms with Gasteiger partial charge < -0.3 is 19.9 Å². The van der Waals surface area contributed by atoms with Crippen molar-refractivity contribution in [3.05, 3.63) is 61.2 Å². The van der Waals surface area contributed by atoms with Crippen molar-refractivity contribution in [3.8, 4) is 22.7 Å². The minimum Gasteiger partial charge on any atom is -0.507 e. The second-order valence-corrected chi connectivity index (χ2v) is 8.18. The van der Waals surface area contributed by atoms with Crippen molar-refractivity contribution < 1.29 is 5.11 Å². The third kappa shape index (κ3) is 3.27. The first-order valence-corrected chi connectivity index (χ1v) is 9.86. The smallest absolute Gasteiger partial charge is 0.151 e. The molecule has 5 rings (SSSR count). The van der Waals surface area contributed by atoms with Crippen LogP contribution in [0.1, 0.15) is 19.8 Å². The maximum Gasteiger partial charge on any atom is 0.151 e. The Kier molecular flexibility index (Phi) is 4.13. The highest BCUT2D eigenvalue weighted by molar-refractivity contribution is 5.69. The lowest BCUT2D eigenvalue weighted by molar-refractivity contribution is 0.289. The van der Waals surface area contributed by atoms with E-state index in [2.05, 4.69) is 51.5 Å². The Labute approximate surface area is 169 Å². The molecular weight excluding hydrogens is 364 g/mol. The molecule has 1 saturated heterocycles. The molecule has 0 saturated carbocycles. The van der Waals surface area contributed by atoms with E-state index >= 15 is 0 Å². The first-order chi connectivity index (χ1) is 14.0. The summed E-state index contributed by atoms with van der Waals surface area (Å²) in [5, 5.41) is 23.0. The second-order valence-electron chi connectivity index (χ2n) is 8.18. The van der Waals surface area contributed by atoms with Gasteiger partial charge in [-0.3, -0.25) is 0 Å². The number of imidazole rings is 1. The number of benzene rings is 1. The Morgan fingerprint density at radius 2 is 2.14 bits per heavy atom. The fraction of sp³-hybridized carbons (Fsp3) is 0.318. The lowest BCUT2D eigenvalue weighted by Gasteiger charge is -2.41. The van der Waals surface area contributed by atoms with Gasteiger partial charge in [-0.15, -0.1) is 10.2 Å². The van der Waals surface area contributed by atoms with E-state index in [-0.39, 0.29) is 11.3 Å². The third-order valence-electron chi connectivity index (χ3n) is 6.02. The number of rotatable bonds is 4. The molecule has 0 aliphatic carbocycles. The van der Waals surface area contributed by atoms with Crippen LogP contribution in [0.4, 0.5) is 5.82 Å². The molecule has 2 aromatic heterocycles. The van der Waals surface area contributed by atoms with Crippen molar-refractivity contribution >= 4 is 5.82 Å². The largest absolute Gasteiger partial charge is 0.507 e. The van der Waals surface area contributed by atoms with Crippen LogP contribution in [-0.2, 0) is 0 Å². The van der Waals surface area contributed by atoms with Crippen LogP contribution in [0.5, 0.6) is 5.75 Å². The first-order valence-electron chi connectivity index (χ1n) is 9.86. The molecule has 1 aromatic carbocycles. The summed E-state index contributed by atoms with van der Waals surface area (Å²) in [6.45, 7) is 2.24. The first kappa shape index (κ1) is 17.9. The highest BCUT2D eigenvalue weighted by Gasteiger charge is 2.39. The molecule has 4 heterocycles. The number of hydrogen-bond acceptors (Lipinski definition) is 6. The molecule has 0 radical (unpaired) electrons. The molecule has 1 fully saturated rings. The maximum atomic E-state index is 10.5. The van der Waals surface area contributed by atoms with E-state index in [9.17, 15) is 5.11 Å². The minimum atomic E-state index is 0.0674. The molecule has 2 bridgehead atoms. The molecule has 148 valence electrons. The van der Waals surface area contributed by atoms with Crippen LogP contribution in [0.15, 0.2) is 61.2 Å². The third-order valence-corrected chi connectivity index (χ3v) is 6.02. The van der Waals surface area contributed by atoms with Crippen LogP contribution in [0.25, 0.3) is 16.9 Å². The van der Waals surface area contributed by atoms with Crippen LogP contribution < -0.4 is 10.2 Å². The van der Waals surface area contributed by atoms with E-state index in [1.165, 1.54) is 0 Å². The maximum absolute atomic E-state index is 10.5. The minimum absolute atomic E-state index is 0.0674. The van der Waals surface area contributed by atoms with Crippen molar-refractivity contribution in [2.75, 3.05) is 11.9 Å². The lowest BCUT2D eigenvalue weighted by Crippen LogP contribution is -2.54. The Balaban J connectivity index is 1.35. The number of hydrogen-bond donors (Lipinski definition) is 2. The summed E-state index contributed by atoms with van der Waals surface area (Å²) in [6.07, 6.45) is 11.9. The van der Waals surface area contributed by atoms with Gasteiger partial charge in [0.05, 0.1) is 17.7 Å². The van der Waals surface area contributed by atoms with Crippen molar-refractivity contribution in [2.24, 2.45) is 0 Å². The summed E-state index contributed by atoms with van der Waals surface area (Å²) in [7, 11) is 2.08. The van der Waals surface area contributed by atoms with E-state index in [0.717, 1.165) is 24.3 Å². The number of phenols is 1. The quantitative estimate of drug-likeness (QED) is 0.669. The summed E-state index contributed by atoms with van der Waals surface area (Å²) in [6, 6.07) is 10.2. The Bertz CT molecular complexity index is 1050. The lowest BCUT2D eigenvalue weighted by atomic mass is 9.88. The number of phenolic OH excluding ortho intramolecular Hbond substituents is 1. The summed E-state index contributed by atoms with van der Waals surface area (Å²) in [4.78, 5) is 6.26. The molecule has 7 nitrogen and oxygen atoms in total. The second kappa shape index (κ2) is 6.70. The molecule has 0 amide bonds. The van der Waals surface area contributed by atoms with Crippen molar-refractivity contribution in [2.45, 2.75) is 37.4 Å². The van der Waals surface area contributed by atoms with Gasteiger partial charge in [0.15, 0.2) is 5.82 Å². The Morgan fingerprint density at radius 3 is 2.83 bits per heavy atom. The molecule has 2 aliphatic rings. The zero-order chi connectivity index (χ0) is 20.0. The Hall–Kier alpha value is -3.19. The topological polar surface area (TPSA) is 79.1 Å². The average Bonchev–Trinajstić information content (AvgIpc) is 3.35. The van der Waals surface area contributed by atoms with E-state index in [4.69, 9.17) is 0 Å². The van der Waals surface area contributed by atoms with Crippen LogP contribution in [0, 0.1) is 0 Å². The fourth-order valence-corrected chi connectivity index (χ4v) is 4.43. The molecular formula is C22H24N6O. The normalized spacial score (nSPS) is 25.3. The molecule has 2 aliphatic heterocycles. The highest BCUT2D eigenvalue weighted by Crippen LogP contribution is 2.34. The molecule has 7 heteroatoms. The van der Waals surface area contributed by atoms with Gasteiger partial charge in [-0.2, -0.15) is 0 Å². The van der Waals surface area contributed by atoms with Gasteiger partial charge >= 0.3 is 0 Å². The highest BCUT2D eigenvalue weighted by atomic mass is 16.3. The van der Waals surface area contributed by atoms with Crippen LogP contribution in [0.2, 0.25) is 0 Å². The van der Waals surface area contributed by atoms with Gasteiger partial charge in [0.25, 0.3) is 0 Å². The van der Waals surface area contributed by atoms with Crippen molar-refractivity contribution in [1.29, 1.82) is 0 Å². The number of nitrogens with zero attached hydrogens (tertiary/aromatic N) is 5. The van der Waals surface area contributed by atoms with E-state index in [1.807, 2.05) is 35.0 Å². The number of nitrogens with one attached hydrogen (secondary N) is 1. The van der Waals surface area contributed by atoms with E-state index in [0.29, 0.717) is 23.3 Å². The van der Waals surface area contributed by atoms with Gasteiger partial charge in [-0.25, -0.2) is 4.98 Å². The zero-order valence-corrected chi connectivity index (χ0v) is 16.5. The molecule has 0 spiro atoms. The standard InChI is InChI=1S/C22H24N6O/c1-22-8-7-15(24-22)11-17(13-22)27(2)21-6-5-19(25-26-21)18-4-3-16(12-20(18)29)28-10-9-23-14-28/h3-10,12,14-15,17,24,29H,11,13H2,1-2H3/t15?,17-,22+/m0/s1. The van der Waals surface area contributed by atoms with Crippen LogP contribution >= 0.6 is 0 Å². The number of fused-ring (bicyclic) bond motifs is 2. The molecule has 1 unspecified atom stereocenters. The van der Waals surface area contributed by atoms with Gasteiger partial charge in [0, 0.05) is 48.7 Å². The molecule has 29 heavy (non-hydrogen) atoms. The van der Waals surface area contributed by atoms with Crippen molar-refractivity contribution in [3.63, 3.8) is 0 Å². The fourth-order valence-electron chi connectivity index (χ4n) is 4.43. The average molecular weight is 388 g/mol. The van der Waals surface area contributed by atoms with Crippen molar-refractivity contribution in [1.82, 2.24) is 25.1 Å². The monoisotopic (exact) mass is 388 g/mol.